The smallest absolute Gasteiger partial charge is 0.335 e. The van der Waals surface area contributed by atoms with E-state index in [1.165, 1.54) is 0 Å². The van der Waals surface area contributed by atoms with Crippen molar-refractivity contribution in [2.24, 2.45) is 0 Å². The molecule has 0 unspecified atom stereocenters. The Bertz CT molecular complexity index is 747. The number of halogens is 1. The molecule has 1 aromatic carbocycles. The summed E-state index contributed by atoms with van der Waals surface area (Å²) in [6.45, 7) is 3.62. The summed E-state index contributed by atoms with van der Waals surface area (Å²) >= 11 is 3.34. The third-order valence-corrected chi connectivity index (χ3v) is 3.55. The van der Waals surface area contributed by atoms with E-state index in [4.69, 9.17) is 0 Å². The van der Waals surface area contributed by atoms with Gasteiger partial charge in [-0.2, -0.15) is 0 Å². The zero-order chi connectivity index (χ0) is 14.2. The normalized spacial score (nSPS) is 10.7. The number of H-pyrrole nitrogens is 1. The summed E-state index contributed by atoms with van der Waals surface area (Å²) in [6.07, 6.45) is 0.338. The molecule has 2 rings (SSSR count). The van der Waals surface area contributed by atoms with Crippen molar-refractivity contribution in [3.63, 3.8) is 0 Å². The summed E-state index contributed by atoms with van der Waals surface area (Å²) in [5.41, 5.74) is 0.409. The van der Waals surface area contributed by atoms with Crippen LogP contribution in [0.3, 0.4) is 0 Å². The van der Waals surface area contributed by atoms with E-state index in [9.17, 15) is 14.7 Å². The maximum absolute atomic E-state index is 11.9. The highest BCUT2D eigenvalue weighted by Gasteiger charge is 2.15. The highest BCUT2D eigenvalue weighted by molar-refractivity contribution is 9.10. The van der Waals surface area contributed by atoms with Crippen LogP contribution in [0.25, 0.3) is 5.69 Å². The van der Waals surface area contributed by atoms with Crippen LogP contribution < -0.4 is 11.2 Å². The van der Waals surface area contributed by atoms with Gasteiger partial charge in [-0.05, 0) is 47.0 Å². The number of nitrogens with zero attached hydrogens (tertiary/aromatic N) is 1. The summed E-state index contributed by atoms with van der Waals surface area (Å²) in [4.78, 5) is 25.7. The number of aromatic nitrogens is 2. The van der Waals surface area contributed by atoms with Crippen LogP contribution in [-0.4, -0.2) is 14.7 Å². The van der Waals surface area contributed by atoms with Gasteiger partial charge < -0.3 is 5.11 Å². The maximum atomic E-state index is 11.9. The number of nitrogens with one attached hydrogen (secondary N) is 1. The van der Waals surface area contributed by atoms with Crippen molar-refractivity contribution in [2.75, 3.05) is 0 Å². The van der Waals surface area contributed by atoms with E-state index < -0.39 is 11.2 Å². The molecule has 0 aliphatic rings. The van der Waals surface area contributed by atoms with Crippen LogP contribution in [0, 0.1) is 6.92 Å². The number of aryl methyl sites for hydroxylation is 1. The van der Waals surface area contributed by atoms with Gasteiger partial charge in [0.15, 0.2) is 0 Å². The van der Waals surface area contributed by atoms with Crippen molar-refractivity contribution in [3.05, 3.63) is 54.6 Å². The molecule has 19 heavy (non-hydrogen) atoms. The first-order valence-corrected chi connectivity index (χ1v) is 6.58. The fourth-order valence-corrected chi connectivity index (χ4v) is 2.32. The zero-order valence-corrected chi connectivity index (χ0v) is 12.1. The number of aromatic hydroxyl groups is 1. The molecule has 1 aromatic heterocycles. The molecule has 0 amide bonds. The molecule has 0 saturated heterocycles. The number of rotatable bonds is 2. The molecule has 6 heteroatoms. The third-order valence-electron chi connectivity index (χ3n) is 2.88. The number of hydrogen-bond donors (Lipinski definition) is 2. The van der Waals surface area contributed by atoms with E-state index >= 15 is 0 Å². The van der Waals surface area contributed by atoms with Crippen LogP contribution in [0.2, 0.25) is 0 Å². The fourth-order valence-electron chi connectivity index (χ4n) is 1.90. The summed E-state index contributed by atoms with van der Waals surface area (Å²) in [7, 11) is 0. The molecule has 5 nitrogen and oxygen atoms in total. The largest absolute Gasteiger partial charge is 0.494 e. The summed E-state index contributed by atoms with van der Waals surface area (Å²) < 4.78 is 1.75. The lowest BCUT2D eigenvalue weighted by Crippen LogP contribution is -2.31. The number of aromatic amines is 1. The van der Waals surface area contributed by atoms with Gasteiger partial charge in [-0.1, -0.05) is 13.0 Å². The predicted molar refractivity (Wildman–Crippen MR) is 76.1 cm³/mol. The zero-order valence-electron chi connectivity index (χ0n) is 10.5. The summed E-state index contributed by atoms with van der Waals surface area (Å²) in [6, 6.07) is 5.41. The van der Waals surface area contributed by atoms with Gasteiger partial charge in [-0.15, -0.1) is 0 Å². The highest BCUT2D eigenvalue weighted by atomic mass is 79.9. The Morgan fingerprint density at radius 2 is 2.05 bits per heavy atom. The lowest BCUT2D eigenvalue weighted by molar-refractivity contribution is 0.423. The molecule has 0 radical (unpaired) electrons. The third kappa shape index (κ3) is 2.35. The van der Waals surface area contributed by atoms with Crippen molar-refractivity contribution in [2.45, 2.75) is 20.3 Å². The number of hydrogen-bond acceptors (Lipinski definition) is 3. The summed E-state index contributed by atoms with van der Waals surface area (Å²) in [5.74, 6) is -0.317. The van der Waals surface area contributed by atoms with Gasteiger partial charge >= 0.3 is 5.69 Å². The molecule has 2 N–H and O–H groups in total. The van der Waals surface area contributed by atoms with Crippen LogP contribution in [0.1, 0.15) is 18.1 Å². The van der Waals surface area contributed by atoms with Gasteiger partial charge in [0.25, 0.3) is 5.56 Å². The molecule has 100 valence electrons. The molecule has 0 fully saturated rings. The van der Waals surface area contributed by atoms with Gasteiger partial charge in [-0.25, -0.2) is 9.36 Å². The first-order chi connectivity index (χ1) is 8.95. The lowest BCUT2D eigenvalue weighted by Gasteiger charge is -2.12. The molecule has 0 bridgehead atoms. The van der Waals surface area contributed by atoms with Crippen LogP contribution in [-0.2, 0) is 6.42 Å². The van der Waals surface area contributed by atoms with E-state index in [1.54, 1.807) is 19.1 Å². The predicted octanol–water partition coefficient (Wildman–Crippen LogP) is 1.86. The Kier molecular flexibility index (Phi) is 3.61. The Balaban J connectivity index is 2.86. The lowest BCUT2D eigenvalue weighted by atomic mass is 10.2. The minimum Gasteiger partial charge on any atom is -0.494 e. The molecule has 0 aliphatic heterocycles. The van der Waals surface area contributed by atoms with Crippen molar-refractivity contribution in [3.8, 4) is 11.6 Å². The summed E-state index contributed by atoms with van der Waals surface area (Å²) in [5, 5.41) is 10.1. The minimum absolute atomic E-state index is 0.188. The Hall–Kier alpha value is -1.82. The van der Waals surface area contributed by atoms with Gasteiger partial charge in [0.2, 0.25) is 5.88 Å². The van der Waals surface area contributed by atoms with Crippen LogP contribution in [0.4, 0.5) is 0 Å². The van der Waals surface area contributed by atoms with Crippen LogP contribution in [0.15, 0.2) is 32.3 Å². The van der Waals surface area contributed by atoms with Crippen molar-refractivity contribution in [1.29, 1.82) is 0 Å². The fraction of sp³-hybridized carbons (Fsp3) is 0.231. The van der Waals surface area contributed by atoms with Crippen molar-refractivity contribution >= 4 is 15.9 Å². The van der Waals surface area contributed by atoms with Crippen LogP contribution >= 0.6 is 15.9 Å². The molecule has 0 spiro atoms. The molecular weight excluding hydrogens is 312 g/mol. The second-order valence-electron chi connectivity index (χ2n) is 4.21. The minimum atomic E-state index is -0.661. The van der Waals surface area contributed by atoms with Crippen molar-refractivity contribution in [1.82, 2.24) is 9.55 Å². The number of benzene rings is 1. The topological polar surface area (TPSA) is 75.1 Å². The first-order valence-electron chi connectivity index (χ1n) is 5.79. The van der Waals surface area contributed by atoms with E-state index in [1.807, 2.05) is 13.0 Å². The molecule has 0 aliphatic carbocycles. The molecule has 1 heterocycles. The quantitative estimate of drug-likeness (QED) is 0.885. The monoisotopic (exact) mass is 324 g/mol. The van der Waals surface area contributed by atoms with Gasteiger partial charge in [0, 0.05) is 4.47 Å². The Morgan fingerprint density at radius 1 is 1.37 bits per heavy atom. The molecule has 2 aromatic rings. The molecule has 0 atom stereocenters. The van der Waals surface area contributed by atoms with Crippen molar-refractivity contribution < 1.29 is 5.11 Å². The standard InChI is InChI=1S/C13H13BrN2O3/c1-3-8-11(17)15-13(19)16(12(8)18)10-6-7(2)4-5-9(10)14/h4-6,18H,3H2,1-2H3,(H,15,17,19). The van der Waals surface area contributed by atoms with Gasteiger partial charge in [-0.3, -0.25) is 9.78 Å². The van der Waals surface area contributed by atoms with Crippen LogP contribution in [0.5, 0.6) is 5.88 Å². The maximum Gasteiger partial charge on any atom is 0.335 e. The second kappa shape index (κ2) is 5.05. The highest BCUT2D eigenvalue weighted by Crippen LogP contribution is 2.25. The Labute approximate surface area is 117 Å². The van der Waals surface area contributed by atoms with E-state index in [2.05, 4.69) is 20.9 Å². The molecule has 0 saturated carbocycles. The van der Waals surface area contributed by atoms with E-state index in [-0.39, 0.29) is 11.4 Å². The van der Waals surface area contributed by atoms with Gasteiger partial charge in [0.1, 0.15) is 0 Å². The molecular formula is C13H13BrN2O3. The SMILES string of the molecule is CCc1c(O)n(-c2cc(C)ccc2Br)c(=O)[nH]c1=O. The van der Waals surface area contributed by atoms with Gasteiger partial charge in [0.05, 0.1) is 11.3 Å². The average Bonchev–Trinajstić information content (AvgIpc) is 2.33. The van der Waals surface area contributed by atoms with E-state index in [0.717, 1.165) is 10.1 Å². The van der Waals surface area contributed by atoms with E-state index in [0.29, 0.717) is 16.6 Å². The first kappa shape index (κ1) is 13.6. The second-order valence-corrected chi connectivity index (χ2v) is 5.06. The Morgan fingerprint density at radius 3 is 2.68 bits per heavy atom. The average molecular weight is 325 g/mol.